The number of ether oxygens (including phenoxy) is 1. The normalized spacial score (nSPS) is 11.0. The summed E-state index contributed by atoms with van der Waals surface area (Å²) in [6, 6.07) is 16.4. The molecule has 0 saturated heterocycles. The van der Waals surface area contributed by atoms with Gasteiger partial charge in [0.2, 0.25) is 0 Å². The third-order valence-corrected chi connectivity index (χ3v) is 5.91. The minimum Gasteiger partial charge on any atom is -0.455 e. The summed E-state index contributed by atoms with van der Waals surface area (Å²) in [6.07, 6.45) is 5.04. The van der Waals surface area contributed by atoms with Crippen LogP contribution in [0.15, 0.2) is 84.0 Å². The molecule has 36 heavy (non-hydrogen) atoms. The SMILES string of the molecule is Cc1cnc2c(Oc3ccc(CC(=O)c4c(C)[nH]cc(-c5ccc(F)cc5)c4=O)cc3)ccnc2c1. The van der Waals surface area contributed by atoms with Gasteiger partial charge in [0.05, 0.1) is 11.1 Å². The van der Waals surface area contributed by atoms with Crippen molar-refractivity contribution in [2.24, 2.45) is 0 Å². The van der Waals surface area contributed by atoms with E-state index in [2.05, 4.69) is 15.0 Å². The average molecular weight is 480 g/mol. The van der Waals surface area contributed by atoms with Gasteiger partial charge in [-0.2, -0.15) is 0 Å². The number of benzene rings is 2. The Kier molecular flexibility index (Phi) is 6.12. The Morgan fingerprint density at radius 2 is 1.75 bits per heavy atom. The summed E-state index contributed by atoms with van der Waals surface area (Å²) >= 11 is 0. The Hall–Kier alpha value is -4.65. The molecule has 178 valence electrons. The van der Waals surface area contributed by atoms with Crippen LogP contribution in [0.25, 0.3) is 22.2 Å². The molecule has 0 fully saturated rings. The number of fused-ring (bicyclic) bond motifs is 1. The van der Waals surface area contributed by atoms with Crippen LogP contribution >= 0.6 is 0 Å². The fourth-order valence-electron chi connectivity index (χ4n) is 4.07. The Bertz CT molecular complexity index is 1640. The molecule has 0 aliphatic carbocycles. The van der Waals surface area contributed by atoms with Crippen LogP contribution in [-0.2, 0) is 6.42 Å². The van der Waals surface area contributed by atoms with Crippen molar-refractivity contribution in [3.63, 3.8) is 0 Å². The first-order valence-corrected chi connectivity index (χ1v) is 11.4. The molecule has 0 aliphatic heterocycles. The minimum absolute atomic E-state index is 0.0517. The molecule has 1 N–H and O–H groups in total. The van der Waals surface area contributed by atoms with Gasteiger partial charge in [-0.3, -0.25) is 19.6 Å². The van der Waals surface area contributed by atoms with E-state index in [4.69, 9.17) is 4.74 Å². The van der Waals surface area contributed by atoms with Crippen LogP contribution in [0.2, 0.25) is 0 Å². The van der Waals surface area contributed by atoms with Crippen LogP contribution < -0.4 is 10.2 Å². The number of hydrogen-bond acceptors (Lipinski definition) is 5. The van der Waals surface area contributed by atoms with E-state index in [9.17, 15) is 14.0 Å². The van der Waals surface area contributed by atoms with E-state index in [1.165, 1.54) is 24.3 Å². The first kappa shape index (κ1) is 23.1. The molecule has 5 rings (SSSR count). The van der Waals surface area contributed by atoms with Gasteiger partial charge in [0.15, 0.2) is 17.0 Å². The van der Waals surface area contributed by atoms with Gasteiger partial charge in [-0.15, -0.1) is 0 Å². The maximum Gasteiger partial charge on any atom is 0.200 e. The van der Waals surface area contributed by atoms with Gasteiger partial charge in [0.25, 0.3) is 0 Å². The van der Waals surface area contributed by atoms with E-state index in [1.807, 2.05) is 13.0 Å². The number of halogens is 1. The highest BCUT2D eigenvalue weighted by molar-refractivity contribution is 5.99. The number of hydrogen-bond donors (Lipinski definition) is 1. The molecule has 0 unspecified atom stereocenters. The van der Waals surface area contributed by atoms with Gasteiger partial charge in [-0.1, -0.05) is 24.3 Å². The second-order valence-electron chi connectivity index (χ2n) is 8.57. The molecule has 0 spiro atoms. The van der Waals surface area contributed by atoms with Crippen LogP contribution in [0.5, 0.6) is 11.5 Å². The van der Waals surface area contributed by atoms with E-state index in [-0.39, 0.29) is 23.2 Å². The Balaban J connectivity index is 1.36. The number of carbonyl (C=O) groups is 1. The molecule has 7 heteroatoms. The van der Waals surface area contributed by atoms with E-state index >= 15 is 0 Å². The van der Waals surface area contributed by atoms with Gasteiger partial charge < -0.3 is 9.72 Å². The third kappa shape index (κ3) is 4.63. The van der Waals surface area contributed by atoms with Crippen molar-refractivity contribution in [2.45, 2.75) is 20.3 Å². The highest BCUT2D eigenvalue weighted by atomic mass is 19.1. The molecule has 0 aliphatic rings. The molecule has 0 radical (unpaired) electrons. The molecule has 0 saturated carbocycles. The molecule has 5 aromatic rings. The summed E-state index contributed by atoms with van der Waals surface area (Å²) in [4.78, 5) is 38.0. The van der Waals surface area contributed by atoms with Crippen LogP contribution in [0.1, 0.15) is 27.2 Å². The quantitative estimate of drug-likeness (QED) is 0.304. The van der Waals surface area contributed by atoms with E-state index in [0.29, 0.717) is 33.8 Å². The van der Waals surface area contributed by atoms with Crippen molar-refractivity contribution in [3.8, 4) is 22.6 Å². The number of aromatic nitrogens is 3. The van der Waals surface area contributed by atoms with Crippen molar-refractivity contribution in [3.05, 3.63) is 118 Å². The number of Topliss-reactive ketones (excluding diaryl/α,β-unsaturated/α-hetero) is 1. The van der Waals surface area contributed by atoms with Crippen LogP contribution in [0, 0.1) is 19.7 Å². The van der Waals surface area contributed by atoms with E-state index in [1.54, 1.807) is 55.8 Å². The van der Waals surface area contributed by atoms with Gasteiger partial charge >= 0.3 is 0 Å². The van der Waals surface area contributed by atoms with Gasteiger partial charge in [-0.05, 0) is 60.9 Å². The number of nitrogens with zero attached hydrogens (tertiary/aromatic N) is 2. The molecule has 0 bridgehead atoms. The number of aromatic amines is 1. The number of carbonyl (C=O) groups excluding carboxylic acids is 1. The summed E-state index contributed by atoms with van der Waals surface area (Å²) in [7, 11) is 0. The highest BCUT2D eigenvalue weighted by Crippen LogP contribution is 2.28. The fraction of sp³-hybridized carbons (Fsp3) is 0.103. The van der Waals surface area contributed by atoms with Crippen molar-refractivity contribution in [1.82, 2.24) is 15.0 Å². The molecule has 2 aromatic carbocycles. The summed E-state index contributed by atoms with van der Waals surface area (Å²) in [5.41, 5.74) is 4.24. The number of nitrogens with one attached hydrogen (secondary N) is 1. The smallest absolute Gasteiger partial charge is 0.200 e. The van der Waals surface area contributed by atoms with Crippen molar-refractivity contribution in [1.29, 1.82) is 0 Å². The zero-order chi connectivity index (χ0) is 25.2. The summed E-state index contributed by atoms with van der Waals surface area (Å²) in [5, 5.41) is 0. The second-order valence-corrected chi connectivity index (χ2v) is 8.57. The monoisotopic (exact) mass is 479 g/mol. The van der Waals surface area contributed by atoms with Gasteiger partial charge in [0, 0.05) is 42.3 Å². The predicted octanol–water partition coefficient (Wildman–Crippen LogP) is 5.96. The maximum atomic E-state index is 13.3. The first-order chi connectivity index (χ1) is 17.4. The molecule has 0 atom stereocenters. The molecule has 0 amide bonds. The Morgan fingerprint density at radius 1 is 1.00 bits per heavy atom. The molecule has 6 nitrogen and oxygen atoms in total. The lowest BCUT2D eigenvalue weighted by molar-refractivity contribution is 0.0991. The minimum atomic E-state index is -0.394. The van der Waals surface area contributed by atoms with Crippen molar-refractivity contribution in [2.75, 3.05) is 0 Å². The lowest BCUT2D eigenvalue weighted by Gasteiger charge is -2.10. The Labute approximate surface area is 206 Å². The van der Waals surface area contributed by atoms with E-state index < -0.39 is 5.82 Å². The van der Waals surface area contributed by atoms with E-state index in [0.717, 1.165) is 16.6 Å². The fourth-order valence-corrected chi connectivity index (χ4v) is 4.07. The predicted molar refractivity (Wildman–Crippen MR) is 136 cm³/mol. The third-order valence-electron chi connectivity index (χ3n) is 5.91. The van der Waals surface area contributed by atoms with Gasteiger partial charge in [0.1, 0.15) is 17.1 Å². The zero-order valence-electron chi connectivity index (χ0n) is 19.7. The maximum absolute atomic E-state index is 13.3. The van der Waals surface area contributed by atoms with Crippen molar-refractivity contribution >= 4 is 16.8 Å². The highest BCUT2D eigenvalue weighted by Gasteiger charge is 2.18. The molecule has 3 heterocycles. The molecular weight excluding hydrogens is 457 g/mol. The van der Waals surface area contributed by atoms with Crippen LogP contribution in [0.3, 0.4) is 0 Å². The van der Waals surface area contributed by atoms with Crippen LogP contribution in [-0.4, -0.2) is 20.7 Å². The summed E-state index contributed by atoms with van der Waals surface area (Å²) in [6.45, 7) is 3.64. The molecular formula is C29H22FN3O3. The Morgan fingerprint density at radius 3 is 2.50 bits per heavy atom. The van der Waals surface area contributed by atoms with Crippen molar-refractivity contribution < 1.29 is 13.9 Å². The summed E-state index contributed by atoms with van der Waals surface area (Å²) in [5.74, 6) is 0.484. The number of H-pyrrole nitrogens is 1. The lowest BCUT2D eigenvalue weighted by Crippen LogP contribution is -2.21. The second kappa shape index (κ2) is 9.54. The van der Waals surface area contributed by atoms with Crippen LogP contribution in [0.4, 0.5) is 4.39 Å². The average Bonchev–Trinajstić information content (AvgIpc) is 2.86. The first-order valence-electron chi connectivity index (χ1n) is 11.4. The topological polar surface area (TPSA) is 84.9 Å². The standard InChI is InChI=1S/C29H22FN3O3/c1-17-13-24-28(33-15-17)26(11-12-31-24)36-22-9-3-19(4-10-22)14-25(34)27-18(2)32-16-23(29(27)35)20-5-7-21(30)8-6-20/h3-13,15-16H,14H2,1-2H3,(H,32,35). The number of rotatable bonds is 6. The lowest BCUT2D eigenvalue weighted by atomic mass is 9.97. The number of ketones is 1. The van der Waals surface area contributed by atoms with Gasteiger partial charge in [-0.25, -0.2) is 4.39 Å². The molecule has 3 aromatic heterocycles. The zero-order valence-corrected chi connectivity index (χ0v) is 19.7. The summed E-state index contributed by atoms with van der Waals surface area (Å²) < 4.78 is 19.3. The number of aryl methyl sites for hydroxylation is 2. The number of pyridine rings is 3. The largest absolute Gasteiger partial charge is 0.455 e.